The van der Waals surface area contributed by atoms with Gasteiger partial charge in [-0.3, -0.25) is 4.79 Å². The molecule has 2 rings (SSSR count). The molecule has 0 saturated carbocycles. The van der Waals surface area contributed by atoms with Crippen LogP contribution in [0.3, 0.4) is 0 Å². The zero-order valence-corrected chi connectivity index (χ0v) is 12.9. The molecule has 3 nitrogen and oxygen atoms in total. The molecule has 1 fully saturated rings. The fraction of sp³-hybridized carbons (Fsp3) is 0.533. The lowest BCUT2D eigenvalue weighted by Gasteiger charge is -2.24. The van der Waals surface area contributed by atoms with Crippen LogP contribution in [0.4, 0.5) is 0 Å². The van der Waals surface area contributed by atoms with Gasteiger partial charge in [-0.25, -0.2) is 0 Å². The molecule has 0 N–H and O–H groups in total. The Bertz CT molecular complexity index is 419. The predicted molar refractivity (Wildman–Crippen MR) is 80.1 cm³/mol. The van der Waals surface area contributed by atoms with Crippen molar-refractivity contribution in [2.45, 2.75) is 32.2 Å². The largest absolute Gasteiger partial charge is 0.494 e. The van der Waals surface area contributed by atoms with E-state index < -0.39 is 0 Å². The third-order valence-electron chi connectivity index (χ3n) is 3.49. The second-order valence-electron chi connectivity index (χ2n) is 4.73. The first-order valence-corrected chi connectivity index (χ1v) is 7.98. The van der Waals surface area contributed by atoms with Crippen molar-refractivity contribution in [3.8, 4) is 5.75 Å². The first-order valence-electron chi connectivity index (χ1n) is 6.86. The molecule has 1 atom stereocenters. The van der Waals surface area contributed by atoms with Crippen LogP contribution >= 0.6 is 15.9 Å². The van der Waals surface area contributed by atoms with Crippen molar-refractivity contribution in [3.63, 3.8) is 0 Å². The average molecular weight is 326 g/mol. The molecule has 0 spiro atoms. The minimum Gasteiger partial charge on any atom is -0.494 e. The summed E-state index contributed by atoms with van der Waals surface area (Å²) in [4.78, 5) is 14.5. The van der Waals surface area contributed by atoms with Gasteiger partial charge < -0.3 is 9.64 Å². The molecule has 4 heteroatoms. The van der Waals surface area contributed by atoms with Gasteiger partial charge in [0.25, 0.3) is 5.91 Å². The lowest BCUT2D eigenvalue weighted by molar-refractivity contribution is 0.0734. The third-order valence-corrected chi connectivity index (χ3v) is 3.95. The maximum absolute atomic E-state index is 12.5. The van der Waals surface area contributed by atoms with Gasteiger partial charge in [0.05, 0.1) is 6.61 Å². The fourth-order valence-corrected chi connectivity index (χ4v) is 3.08. The Hall–Kier alpha value is -1.03. The summed E-state index contributed by atoms with van der Waals surface area (Å²) < 4.78 is 5.39. The molecule has 0 radical (unpaired) electrons. The summed E-state index contributed by atoms with van der Waals surface area (Å²) in [5.74, 6) is 0.962. The number of ether oxygens (including phenoxy) is 1. The molecule has 1 aliphatic rings. The number of alkyl halides is 1. The maximum atomic E-state index is 12.5. The summed E-state index contributed by atoms with van der Waals surface area (Å²) in [7, 11) is 0. The van der Waals surface area contributed by atoms with Gasteiger partial charge in [-0.15, -0.1) is 0 Å². The van der Waals surface area contributed by atoms with Crippen LogP contribution in [0.15, 0.2) is 24.3 Å². The van der Waals surface area contributed by atoms with E-state index in [-0.39, 0.29) is 5.91 Å². The summed E-state index contributed by atoms with van der Waals surface area (Å²) in [6, 6.07) is 7.84. The number of rotatable bonds is 5. The molecule has 104 valence electrons. The Labute approximate surface area is 123 Å². The van der Waals surface area contributed by atoms with Crippen molar-refractivity contribution in [1.29, 1.82) is 0 Å². The molecule has 1 aromatic rings. The van der Waals surface area contributed by atoms with E-state index in [1.54, 1.807) is 0 Å². The Morgan fingerprint density at radius 2 is 2.16 bits per heavy atom. The van der Waals surface area contributed by atoms with Crippen LogP contribution in [0.1, 0.15) is 36.5 Å². The van der Waals surface area contributed by atoms with Gasteiger partial charge in [-0.05, 0) is 50.5 Å². The van der Waals surface area contributed by atoms with Crippen molar-refractivity contribution < 1.29 is 9.53 Å². The first kappa shape index (κ1) is 14.4. The van der Waals surface area contributed by atoms with Crippen molar-refractivity contribution >= 4 is 21.8 Å². The molecule has 1 unspecified atom stereocenters. The number of likely N-dealkylation sites (tertiary alicyclic amines) is 1. The molecule has 0 aromatic heterocycles. The van der Waals surface area contributed by atoms with E-state index in [2.05, 4.69) is 15.9 Å². The van der Waals surface area contributed by atoms with Crippen LogP contribution in [-0.2, 0) is 0 Å². The van der Waals surface area contributed by atoms with Crippen molar-refractivity contribution in [1.82, 2.24) is 4.90 Å². The minimum atomic E-state index is 0.145. The number of benzene rings is 1. The molecular weight excluding hydrogens is 306 g/mol. The SMILES string of the molecule is CCOc1ccc(C(=O)N2CCCC2CCBr)cc1. The van der Waals surface area contributed by atoms with E-state index in [4.69, 9.17) is 4.74 Å². The minimum absolute atomic E-state index is 0.145. The molecule has 1 aliphatic heterocycles. The lowest BCUT2D eigenvalue weighted by atomic mass is 10.1. The zero-order chi connectivity index (χ0) is 13.7. The summed E-state index contributed by atoms with van der Waals surface area (Å²) >= 11 is 3.46. The lowest BCUT2D eigenvalue weighted by Crippen LogP contribution is -2.35. The highest BCUT2D eigenvalue weighted by Crippen LogP contribution is 2.23. The smallest absolute Gasteiger partial charge is 0.254 e. The highest BCUT2D eigenvalue weighted by molar-refractivity contribution is 9.09. The van der Waals surface area contributed by atoms with Gasteiger partial charge in [0.15, 0.2) is 0 Å². The number of halogens is 1. The quantitative estimate of drug-likeness (QED) is 0.776. The van der Waals surface area contributed by atoms with Gasteiger partial charge in [0.1, 0.15) is 5.75 Å². The van der Waals surface area contributed by atoms with E-state index in [9.17, 15) is 4.79 Å². The van der Waals surface area contributed by atoms with Gasteiger partial charge in [-0.2, -0.15) is 0 Å². The van der Waals surface area contributed by atoms with Crippen LogP contribution in [-0.4, -0.2) is 35.3 Å². The first-order chi connectivity index (χ1) is 9.26. The molecule has 1 aromatic carbocycles. The summed E-state index contributed by atoms with van der Waals surface area (Å²) in [6.45, 7) is 3.48. The Morgan fingerprint density at radius 3 is 2.79 bits per heavy atom. The molecule has 0 bridgehead atoms. The molecule has 1 saturated heterocycles. The number of hydrogen-bond donors (Lipinski definition) is 0. The van der Waals surface area contributed by atoms with Crippen LogP contribution in [0.5, 0.6) is 5.75 Å². The van der Waals surface area contributed by atoms with E-state index >= 15 is 0 Å². The zero-order valence-electron chi connectivity index (χ0n) is 11.3. The predicted octanol–water partition coefficient (Wildman–Crippen LogP) is 3.47. The van der Waals surface area contributed by atoms with Gasteiger partial charge in [0, 0.05) is 23.5 Å². The number of hydrogen-bond acceptors (Lipinski definition) is 2. The van der Waals surface area contributed by atoms with E-state index in [0.29, 0.717) is 12.6 Å². The highest BCUT2D eigenvalue weighted by atomic mass is 79.9. The maximum Gasteiger partial charge on any atom is 0.254 e. The van der Waals surface area contributed by atoms with E-state index in [0.717, 1.165) is 42.5 Å². The van der Waals surface area contributed by atoms with E-state index in [1.807, 2.05) is 36.1 Å². The monoisotopic (exact) mass is 325 g/mol. The second kappa shape index (κ2) is 6.94. The molecule has 0 aliphatic carbocycles. The summed E-state index contributed by atoms with van der Waals surface area (Å²) in [5.41, 5.74) is 0.755. The molecular formula is C15H20BrNO2. The topological polar surface area (TPSA) is 29.5 Å². The fourth-order valence-electron chi connectivity index (χ4n) is 2.56. The second-order valence-corrected chi connectivity index (χ2v) is 5.52. The number of amides is 1. The molecule has 19 heavy (non-hydrogen) atoms. The highest BCUT2D eigenvalue weighted by Gasteiger charge is 2.28. The number of carbonyl (C=O) groups is 1. The standard InChI is InChI=1S/C15H20BrNO2/c1-2-19-14-7-5-12(6-8-14)15(18)17-11-3-4-13(17)9-10-16/h5-8,13H,2-4,9-11H2,1H3. The molecule has 1 amide bonds. The number of carbonyl (C=O) groups excluding carboxylic acids is 1. The van der Waals surface area contributed by atoms with Crippen LogP contribution in [0.25, 0.3) is 0 Å². The molecule has 1 heterocycles. The van der Waals surface area contributed by atoms with Gasteiger partial charge in [0.2, 0.25) is 0 Å². The van der Waals surface area contributed by atoms with Crippen LogP contribution in [0.2, 0.25) is 0 Å². The van der Waals surface area contributed by atoms with Crippen molar-refractivity contribution in [2.24, 2.45) is 0 Å². The van der Waals surface area contributed by atoms with Crippen molar-refractivity contribution in [3.05, 3.63) is 29.8 Å². The van der Waals surface area contributed by atoms with E-state index in [1.165, 1.54) is 0 Å². The Kier molecular flexibility index (Phi) is 5.25. The Balaban J connectivity index is 2.06. The average Bonchev–Trinajstić information content (AvgIpc) is 2.88. The summed E-state index contributed by atoms with van der Waals surface area (Å²) in [5, 5.41) is 0.949. The van der Waals surface area contributed by atoms with Crippen LogP contribution < -0.4 is 4.74 Å². The third kappa shape index (κ3) is 3.50. The summed E-state index contributed by atoms with van der Waals surface area (Å²) in [6.07, 6.45) is 3.26. The van der Waals surface area contributed by atoms with Gasteiger partial charge in [-0.1, -0.05) is 15.9 Å². The number of nitrogens with zero attached hydrogens (tertiary/aromatic N) is 1. The Morgan fingerprint density at radius 1 is 1.42 bits per heavy atom. The van der Waals surface area contributed by atoms with Gasteiger partial charge >= 0.3 is 0 Å². The van der Waals surface area contributed by atoms with Crippen molar-refractivity contribution in [2.75, 3.05) is 18.5 Å². The van der Waals surface area contributed by atoms with Crippen LogP contribution in [0, 0.1) is 0 Å². The normalized spacial score (nSPS) is 18.6.